The molecule has 3 nitrogen and oxygen atoms in total. The van der Waals surface area contributed by atoms with Crippen LogP contribution in [0.4, 0.5) is 15.8 Å². The van der Waals surface area contributed by atoms with E-state index in [0.29, 0.717) is 18.2 Å². The summed E-state index contributed by atoms with van der Waals surface area (Å²) in [6, 6.07) is 4.47. The van der Waals surface area contributed by atoms with Crippen molar-refractivity contribution in [1.29, 1.82) is 0 Å². The topological polar surface area (TPSA) is 32.3 Å². The van der Waals surface area contributed by atoms with Gasteiger partial charge in [-0.2, -0.15) is 0 Å². The van der Waals surface area contributed by atoms with E-state index < -0.39 is 0 Å². The molecule has 0 spiro atoms. The smallest absolute Gasteiger partial charge is 0.246 e. The lowest BCUT2D eigenvalue weighted by Crippen LogP contribution is -2.41. The van der Waals surface area contributed by atoms with Crippen LogP contribution in [-0.4, -0.2) is 19.0 Å². The number of benzene rings is 1. The number of nitrogens with one attached hydrogen (secondary N) is 1. The van der Waals surface area contributed by atoms with Gasteiger partial charge in [-0.1, -0.05) is 13.8 Å². The third-order valence-electron chi connectivity index (χ3n) is 2.53. The molecule has 0 atom stereocenters. The number of carbonyl (C=O) groups excluding carboxylic acids is 1. The van der Waals surface area contributed by atoms with Crippen LogP contribution in [0.3, 0.4) is 0 Å². The average molecular weight is 222 g/mol. The molecule has 16 heavy (non-hydrogen) atoms. The maximum Gasteiger partial charge on any atom is 0.246 e. The number of carbonyl (C=O) groups is 1. The molecule has 1 aromatic rings. The number of hydrogen-bond acceptors (Lipinski definition) is 2. The van der Waals surface area contributed by atoms with Crippen molar-refractivity contribution < 1.29 is 9.18 Å². The predicted molar refractivity (Wildman–Crippen MR) is 62.1 cm³/mol. The summed E-state index contributed by atoms with van der Waals surface area (Å²) >= 11 is 0. The first-order valence-electron chi connectivity index (χ1n) is 5.41. The number of halogens is 1. The summed E-state index contributed by atoms with van der Waals surface area (Å²) in [7, 11) is 0. The summed E-state index contributed by atoms with van der Waals surface area (Å²) in [6.07, 6.45) is 0. The van der Waals surface area contributed by atoms with Gasteiger partial charge in [0.1, 0.15) is 5.82 Å². The number of rotatable bonds is 2. The van der Waals surface area contributed by atoms with E-state index in [1.54, 1.807) is 11.0 Å². The molecule has 0 aliphatic carbocycles. The van der Waals surface area contributed by atoms with E-state index in [2.05, 4.69) is 5.32 Å². The molecule has 0 bridgehead atoms. The molecule has 1 heterocycles. The summed E-state index contributed by atoms with van der Waals surface area (Å²) in [5.41, 5.74) is 1.46. The van der Waals surface area contributed by atoms with Crippen molar-refractivity contribution in [1.82, 2.24) is 0 Å². The molecule has 0 saturated carbocycles. The van der Waals surface area contributed by atoms with Crippen LogP contribution in [0, 0.1) is 11.7 Å². The van der Waals surface area contributed by atoms with E-state index >= 15 is 0 Å². The Hall–Kier alpha value is -1.58. The maximum absolute atomic E-state index is 13.2. The minimum atomic E-state index is -0.316. The van der Waals surface area contributed by atoms with Crippen molar-refractivity contribution >= 4 is 17.3 Å². The fraction of sp³-hybridized carbons (Fsp3) is 0.417. The van der Waals surface area contributed by atoms with Crippen molar-refractivity contribution in [3.05, 3.63) is 24.0 Å². The van der Waals surface area contributed by atoms with Gasteiger partial charge in [0, 0.05) is 6.54 Å². The zero-order valence-electron chi connectivity index (χ0n) is 9.46. The predicted octanol–water partition coefficient (Wildman–Crippen LogP) is 2.24. The standard InChI is InChI=1S/C12H15FN2O/c1-8(2)7-15-11-5-9(13)3-4-10(11)14-6-12(15)16/h3-5,8,14H,6-7H2,1-2H3. The second-order valence-electron chi connectivity index (χ2n) is 4.41. The quantitative estimate of drug-likeness (QED) is 0.832. The highest BCUT2D eigenvalue weighted by Crippen LogP contribution is 2.30. The Balaban J connectivity index is 2.38. The molecular formula is C12H15FN2O. The molecule has 1 N–H and O–H groups in total. The van der Waals surface area contributed by atoms with Crippen LogP contribution in [0.5, 0.6) is 0 Å². The maximum atomic E-state index is 13.2. The highest BCUT2D eigenvalue weighted by atomic mass is 19.1. The SMILES string of the molecule is CC(C)CN1C(=O)CNc2ccc(F)cc21. The Bertz CT molecular complexity index is 417. The summed E-state index contributed by atoms with van der Waals surface area (Å²) in [6.45, 7) is 4.98. The molecule has 1 aliphatic heterocycles. The van der Waals surface area contributed by atoms with Crippen molar-refractivity contribution in [3.8, 4) is 0 Å². The zero-order valence-corrected chi connectivity index (χ0v) is 9.46. The van der Waals surface area contributed by atoms with E-state index in [1.165, 1.54) is 12.1 Å². The monoisotopic (exact) mass is 222 g/mol. The Morgan fingerprint density at radius 3 is 2.94 bits per heavy atom. The molecule has 0 radical (unpaired) electrons. The van der Waals surface area contributed by atoms with Crippen molar-refractivity contribution in [2.45, 2.75) is 13.8 Å². The molecule has 2 rings (SSSR count). The van der Waals surface area contributed by atoms with Gasteiger partial charge >= 0.3 is 0 Å². The van der Waals surface area contributed by atoms with Gasteiger partial charge in [-0.05, 0) is 24.1 Å². The van der Waals surface area contributed by atoms with Gasteiger partial charge in [-0.25, -0.2) is 4.39 Å². The Morgan fingerprint density at radius 2 is 2.25 bits per heavy atom. The molecule has 86 valence electrons. The van der Waals surface area contributed by atoms with Crippen LogP contribution in [0.2, 0.25) is 0 Å². The lowest BCUT2D eigenvalue weighted by Gasteiger charge is -2.31. The first kappa shape index (κ1) is 10.9. The lowest BCUT2D eigenvalue weighted by atomic mass is 10.1. The van der Waals surface area contributed by atoms with E-state index in [9.17, 15) is 9.18 Å². The zero-order chi connectivity index (χ0) is 11.7. The van der Waals surface area contributed by atoms with Crippen LogP contribution < -0.4 is 10.2 Å². The van der Waals surface area contributed by atoms with Gasteiger partial charge in [0.15, 0.2) is 0 Å². The van der Waals surface area contributed by atoms with E-state index in [4.69, 9.17) is 0 Å². The molecular weight excluding hydrogens is 207 g/mol. The summed E-state index contributed by atoms with van der Waals surface area (Å²) in [4.78, 5) is 13.4. The number of amides is 1. The fourth-order valence-corrected chi connectivity index (χ4v) is 1.84. The average Bonchev–Trinajstić information content (AvgIpc) is 2.22. The van der Waals surface area contributed by atoms with E-state index in [1.807, 2.05) is 13.8 Å². The van der Waals surface area contributed by atoms with Crippen LogP contribution in [0.25, 0.3) is 0 Å². The minimum Gasteiger partial charge on any atom is -0.374 e. The Morgan fingerprint density at radius 1 is 1.50 bits per heavy atom. The lowest BCUT2D eigenvalue weighted by molar-refractivity contribution is -0.117. The number of hydrogen-bond donors (Lipinski definition) is 1. The molecule has 1 amide bonds. The molecule has 0 unspecified atom stereocenters. The molecule has 0 fully saturated rings. The summed E-state index contributed by atoms with van der Waals surface area (Å²) in [5, 5.41) is 2.98. The second-order valence-corrected chi connectivity index (χ2v) is 4.41. The van der Waals surface area contributed by atoms with Gasteiger partial charge < -0.3 is 10.2 Å². The first-order valence-corrected chi connectivity index (χ1v) is 5.41. The third-order valence-corrected chi connectivity index (χ3v) is 2.53. The number of nitrogens with zero attached hydrogens (tertiary/aromatic N) is 1. The fourth-order valence-electron chi connectivity index (χ4n) is 1.84. The number of anilines is 2. The van der Waals surface area contributed by atoms with Crippen LogP contribution >= 0.6 is 0 Å². The van der Waals surface area contributed by atoms with Gasteiger partial charge in [-0.3, -0.25) is 4.79 Å². The molecule has 4 heteroatoms. The van der Waals surface area contributed by atoms with Gasteiger partial charge in [0.2, 0.25) is 5.91 Å². The highest BCUT2D eigenvalue weighted by molar-refractivity contribution is 6.02. The summed E-state index contributed by atoms with van der Waals surface area (Å²) < 4.78 is 13.2. The van der Waals surface area contributed by atoms with Gasteiger partial charge in [-0.15, -0.1) is 0 Å². The summed E-state index contributed by atoms with van der Waals surface area (Å²) in [5.74, 6) is 0.0361. The van der Waals surface area contributed by atoms with Crippen LogP contribution in [0.15, 0.2) is 18.2 Å². The highest BCUT2D eigenvalue weighted by Gasteiger charge is 2.24. The van der Waals surface area contributed by atoms with Crippen molar-refractivity contribution in [2.24, 2.45) is 5.92 Å². The molecule has 0 saturated heterocycles. The van der Waals surface area contributed by atoms with E-state index in [0.717, 1.165) is 5.69 Å². The molecule has 1 aliphatic rings. The van der Waals surface area contributed by atoms with Crippen molar-refractivity contribution in [3.63, 3.8) is 0 Å². The van der Waals surface area contributed by atoms with Gasteiger partial charge in [0.05, 0.1) is 17.9 Å². The minimum absolute atomic E-state index is 0.00759. The second kappa shape index (κ2) is 4.12. The molecule has 1 aromatic carbocycles. The van der Waals surface area contributed by atoms with Gasteiger partial charge in [0.25, 0.3) is 0 Å². The Kier molecular flexibility index (Phi) is 2.81. The van der Waals surface area contributed by atoms with E-state index in [-0.39, 0.29) is 18.3 Å². The van der Waals surface area contributed by atoms with Crippen molar-refractivity contribution in [2.75, 3.05) is 23.3 Å². The van der Waals surface area contributed by atoms with Crippen LogP contribution in [0.1, 0.15) is 13.8 Å². The molecule has 0 aromatic heterocycles. The Labute approximate surface area is 94.3 Å². The normalized spacial score (nSPS) is 15.0. The largest absolute Gasteiger partial charge is 0.374 e. The van der Waals surface area contributed by atoms with Crippen LogP contribution in [-0.2, 0) is 4.79 Å². The first-order chi connectivity index (χ1) is 7.58. The third kappa shape index (κ3) is 2.01. The number of fused-ring (bicyclic) bond motifs is 1.